The van der Waals surface area contributed by atoms with Crippen LogP contribution in [0.3, 0.4) is 0 Å². The minimum atomic E-state index is -1.92. The van der Waals surface area contributed by atoms with Crippen LogP contribution >= 0.6 is 0 Å². The molecule has 9 aliphatic rings. The number of aliphatic carboxylic acids is 4. The van der Waals surface area contributed by atoms with E-state index in [1.165, 1.54) is 25.7 Å². The van der Waals surface area contributed by atoms with Gasteiger partial charge in [-0.15, -0.1) is 0 Å². The third kappa shape index (κ3) is 6.34. The van der Waals surface area contributed by atoms with Crippen molar-refractivity contribution in [2.24, 2.45) is 71.0 Å². The first-order chi connectivity index (χ1) is 25.1. The normalized spacial score (nSPS) is 51.5. The first-order valence-electron chi connectivity index (χ1n) is 20.1. The van der Waals surface area contributed by atoms with Crippen molar-refractivity contribution >= 4 is 23.9 Å². The Bertz CT molecular complexity index is 1350. The van der Waals surface area contributed by atoms with E-state index in [2.05, 4.69) is 42.5 Å². The predicted octanol–water partition coefficient (Wildman–Crippen LogP) is -0.154. The van der Waals surface area contributed by atoms with Gasteiger partial charge in [-0.05, 0) is 74.0 Å². The monoisotopic (exact) mass is 791 g/mol. The van der Waals surface area contributed by atoms with Gasteiger partial charge in [-0.25, -0.2) is 0 Å². The summed E-state index contributed by atoms with van der Waals surface area (Å²) in [7, 11) is 0. The summed E-state index contributed by atoms with van der Waals surface area (Å²) in [6, 6.07) is 0. The molecule has 1 radical (unpaired) electrons. The molecule has 4 saturated carbocycles. The van der Waals surface area contributed by atoms with Gasteiger partial charge in [0.1, 0.15) is 0 Å². The third-order valence-electron chi connectivity index (χ3n) is 15.4. The van der Waals surface area contributed by atoms with Crippen LogP contribution in [0.4, 0.5) is 0 Å². The van der Waals surface area contributed by atoms with Gasteiger partial charge in [-0.1, -0.05) is 38.5 Å². The Labute approximate surface area is 319 Å². The van der Waals surface area contributed by atoms with Crippen molar-refractivity contribution < 1.29 is 56.7 Å². The number of nitrogens with one attached hydrogen (secondary N) is 8. The van der Waals surface area contributed by atoms with Crippen molar-refractivity contribution in [3.8, 4) is 0 Å². The topological polar surface area (TPSA) is 245 Å². The van der Waals surface area contributed by atoms with E-state index in [1.54, 1.807) is 0 Å². The molecule has 17 heteroatoms. The summed E-state index contributed by atoms with van der Waals surface area (Å²) < 4.78 is 0. The SMILES string of the molecule is O=C(O)C1C(C(=O)O)C(C(=O)O)C2C3NC4NC(NC5NC(NC6NC(NC(N3)C2C1C(=O)O)C1CCCCC61)C1CCCCC51)C1CCCCC41.[Cu]. The van der Waals surface area contributed by atoms with Crippen LogP contribution in [0.1, 0.15) is 77.0 Å². The minimum absolute atomic E-state index is 0. The molecule has 299 valence electrons. The average Bonchev–Trinajstić information content (AvgIpc) is 3.86. The third-order valence-corrected chi connectivity index (χ3v) is 15.4. The van der Waals surface area contributed by atoms with Crippen LogP contribution < -0.4 is 42.5 Å². The van der Waals surface area contributed by atoms with Gasteiger partial charge in [-0.3, -0.25) is 61.7 Å². The van der Waals surface area contributed by atoms with Gasteiger partial charge < -0.3 is 20.4 Å². The smallest absolute Gasteiger partial charge is 0.308 e. The molecular formula is C36H56CuN8O8. The molecule has 0 spiro atoms. The van der Waals surface area contributed by atoms with Crippen molar-refractivity contribution in [1.82, 2.24) is 42.5 Å². The molecule has 20 unspecified atom stereocenters. The van der Waals surface area contributed by atoms with Crippen molar-refractivity contribution in [1.29, 1.82) is 0 Å². The van der Waals surface area contributed by atoms with E-state index < -0.39 is 71.7 Å². The zero-order valence-electron chi connectivity index (χ0n) is 29.8. The maximum Gasteiger partial charge on any atom is 0.308 e. The largest absolute Gasteiger partial charge is 0.481 e. The first-order valence-corrected chi connectivity index (χ1v) is 20.1. The molecule has 8 bridgehead atoms. The van der Waals surface area contributed by atoms with Crippen molar-refractivity contribution in [2.45, 2.75) is 126 Å². The Hall–Kier alpha value is -1.92. The van der Waals surface area contributed by atoms with E-state index in [-0.39, 0.29) is 65.9 Å². The number of rotatable bonds is 4. The number of hydrogen-bond donors (Lipinski definition) is 12. The van der Waals surface area contributed by atoms with Gasteiger partial charge in [0.05, 0.1) is 73.0 Å². The second-order valence-corrected chi connectivity index (χ2v) is 17.6. The molecule has 5 saturated heterocycles. The minimum Gasteiger partial charge on any atom is -0.481 e. The fourth-order valence-corrected chi connectivity index (χ4v) is 13.4. The molecular weight excluding hydrogens is 736 g/mol. The molecule has 5 aliphatic heterocycles. The summed E-state index contributed by atoms with van der Waals surface area (Å²) in [5, 5.41) is 73.1. The molecule has 9 rings (SSSR count). The van der Waals surface area contributed by atoms with E-state index in [0.717, 1.165) is 51.4 Å². The van der Waals surface area contributed by atoms with E-state index in [9.17, 15) is 39.6 Å². The van der Waals surface area contributed by atoms with Gasteiger partial charge in [0.2, 0.25) is 0 Å². The summed E-state index contributed by atoms with van der Waals surface area (Å²) in [4.78, 5) is 52.0. The fraction of sp³-hybridized carbons (Fsp3) is 0.889. The summed E-state index contributed by atoms with van der Waals surface area (Å²) in [5.74, 6) is -13.1. The second-order valence-electron chi connectivity index (χ2n) is 17.6. The molecule has 4 aliphatic carbocycles. The van der Waals surface area contributed by atoms with Gasteiger partial charge >= 0.3 is 23.9 Å². The molecule has 0 amide bonds. The summed E-state index contributed by atoms with van der Waals surface area (Å²) in [6.45, 7) is 0. The van der Waals surface area contributed by atoms with E-state index >= 15 is 0 Å². The summed E-state index contributed by atoms with van der Waals surface area (Å²) in [5.41, 5.74) is 0. The summed E-state index contributed by atoms with van der Waals surface area (Å²) >= 11 is 0. The fourth-order valence-electron chi connectivity index (χ4n) is 13.4. The molecule has 16 nitrogen and oxygen atoms in total. The maximum atomic E-state index is 13.2. The number of carboxylic acids is 4. The van der Waals surface area contributed by atoms with Crippen LogP contribution in [0.5, 0.6) is 0 Å². The average molecular weight is 792 g/mol. The molecule has 20 atom stereocenters. The van der Waals surface area contributed by atoms with Crippen LogP contribution in [-0.4, -0.2) is 93.6 Å². The first kappa shape index (κ1) is 38.0. The number of carboxylic acid groups (broad SMARTS) is 4. The number of hydrogen-bond acceptors (Lipinski definition) is 12. The molecule has 0 aromatic carbocycles. The van der Waals surface area contributed by atoms with Gasteiger partial charge in [0.25, 0.3) is 0 Å². The quantitative estimate of drug-likeness (QED) is 0.166. The maximum absolute atomic E-state index is 13.2. The van der Waals surface area contributed by atoms with Gasteiger partial charge in [-0.2, -0.15) is 0 Å². The molecule has 12 N–H and O–H groups in total. The number of carbonyl (C=O) groups is 4. The Morgan fingerprint density at radius 3 is 0.717 bits per heavy atom. The Kier molecular flexibility index (Phi) is 10.7. The molecule has 9 fully saturated rings. The van der Waals surface area contributed by atoms with E-state index in [4.69, 9.17) is 0 Å². The van der Waals surface area contributed by atoms with Gasteiger partial charge in [0, 0.05) is 28.9 Å². The van der Waals surface area contributed by atoms with Crippen molar-refractivity contribution in [3.05, 3.63) is 0 Å². The molecule has 5 heterocycles. The van der Waals surface area contributed by atoms with E-state index in [1.807, 2.05) is 0 Å². The van der Waals surface area contributed by atoms with Gasteiger partial charge in [0.15, 0.2) is 0 Å². The van der Waals surface area contributed by atoms with Crippen LogP contribution in [-0.2, 0) is 36.2 Å². The van der Waals surface area contributed by atoms with Crippen molar-refractivity contribution in [3.63, 3.8) is 0 Å². The van der Waals surface area contributed by atoms with Crippen LogP contribution in [0, 0.1) is 71.0 Å². The summed E-state index contributed by atoms with van der Waals surface area (Å²) in [6.07, 6.45) is 11.4. The zero-order chi connectivity index (χ0) is 36.0. The molecule has 0 aromatic rings. The molecule has 53 heavy (non-hydrogen) atoms. The number of fused-ring (bicyclic) bond motifs is 20. The van der Waals surface area contributed by atoms with Crippen molar-refractivity contribution in [2.75, 3.05) is 0 Å². The van der Waals surface area contributed by atoms with Crippen LogP contribution in [0.25, 0.3) is 0 Å². The zero-order valence-corrected chi connectivity index (χ0v) is 30.7. The Morgan fingerprint density at radius 2 is 0.509 bits per heavy atom. The van der Waals surface area contributed by atoms with Crippen LogP contribution in [0.15, 0.2) is 0 Å². The van der Waals surface area contributed by atoms with E-state index in [0.29, 0.717) is 23.7 Å². The van der Waals surface area contributed by atoms with Crippen LogP contribution in [0.2, 0.25) is 0 Å². The Morgan fingerprint density at radius 1 is 0.321 bits per heavy atom. The standard InChI is InChI=1S/C36H56N8O8.Cu/c45-33(46)21-19-20(22(34(47)48)24(36(51)52)23(21)35(49)50)32-43-30-18-12-6-4-10-16(18)28(41-30)39-26-14-8-2-1-7-13(14)25(37-26)38-27-15-9-3-5-11-17(15)29(40-27)42-31(19)44-32;/h13-32,37-44H,1-12H2,(H,45,46)(H,47,48)(H,49,50)(H,51,52);. The molecule has 0 aromatic heterocycles. The predicted molar refractivity (Wildman–Crippen MR) is 183 cm³/mol. The second kappa shape index (κ2) is 14.9. The Balaban J connectivity index is 0.00000400.